The van der Waals surface area contributed by atoms with Crippen molar-refractivity contribution in [1.29, 1.82) is 0 Å². The summed E-state index contributed by atoms with van der Waals surface area (Å²) in [5.74, 6) is 1.83. The van der Waals surface area contributed by atoms with Crippen molar-refractivity contribution < 1.29 is 4.39 Å². The Labute approximate surface area is 111 Å². The molecule has 0 saturated carbocycles. The van der Waals surface area contributed by atoms with Gasteiger partial charge in [0.1, 0.15) is 5.82 Å². The van der Waals surface area contributed by atoms with Crippen molar-refractivity contribution in [2.75, 3.05) is 17.6 Å². The van der Waals surface area contributed by atoms with E-state index in [-0.39, 0.29) is 5.82 Å². The van der Waals surface area contributed by atoms with Gasteiger partial charge in [-0.25, -0.2) is 4.39 Å². The van der Waals surface area contributed by atoms with Crippen molar-refractivity contribution in [1.82, 2.24) is 0 Å². The zero-order chi connectivity index (χ0) is 12.6. The van der Waals surface area contributed by atoms with Crippen LogP contribution in [0.4, 0.5) is 10.1 Å². The van der Waals surface area contributed by atoms with Gasteiger partial charge >= 0.3 is 0 Å². The van der Waals surface area contributed by atoms with Gasteiger partial charge in [0.2, 0.25) is 0 Å². The van der Waals surface area contributed by atoms with E-state index in [4.69, 9.17) is 0 Å². The molecule has 0 aliphatic rings. The molecular weight excluding hydrogens is 245 g/mol. The third kappa shape index (κ3) is 4.41. The SMILES string of the molecule is Fc1cccc(NCCSCc2ccccc2)c1. The lowest BCUT2D eigenvalue weighted by atomic mass is 10.2. The van der Waals surface area contributed by atoms with Gasteiger partial charge in [-0.3, -0.25) is 0 Å². The van der Waals surface area contributed by atoms with E-state index in [0.29, 0.717) is 0 Å². The molecule has 1 nitrogen and oxygen atoms in total. The number of hydrogen-bond donors (Lipinski definition) is 1. The Morgan fingerprint density at radius 3 is 2.61 bits per heavy atom. The number of halogens is 1. The quantitative estimate of drug-likeness (QED) is 0.783. The first-order chi connectivity index (χ1) is 8.84. The van der Waals surface area contributed by atoms with Crippen LogP contribution in [0.25, 0.3) is 0 Å². The highest BCUT2D eigenvalue weighted by Crippen LogP contribution is 2.12. The molecule has 0 aliphatic carbocycles. The van der Waals surface area contributed by atoms with Gasteiger partial charge in [-0.05, 0) is 23.8 Å². The molecule has 1 N–H and O–H groups in total. The Morgan fingerprint density at radius 1 is 1.00 bits per heavy atom. The molecule has 0 aromatic heterocycles. The minimum atomic E-state index is -0.197. The Bertz CT molecular complexity index is 473. The number of rotatable bonds is 6. The van der Waals surface area contributed by atoms with Crippen LogP contribution in [0.2, 0.25) is 0 Å². The molecule has 2 aromatic rings. The second-order valence-corrected chi connectivity index (χ2v) is 5.08. The minimum Gasteiger partial charge on any atom is -0.384 e. The van der Waals surface area contributed by atoms with Crippen molar-refractivity contribution in [3.8, 4) is 0 Å². The van der Waals surface area contributed by atoms with Crippen LogP contribution in [-0.4, -0.2) is 12.3 Å². The van der Waals surface area contributed by atoms with Gasteiger partial charge in [-0.2, -0.15) is 11.8 Å². The fraction of sp³-hybridized carbons (Fsp3) is 0.200. The molecule has 0 amide bonds. The smallest absolute Gasteiger partial charge is 0.125 e. The van der Waals surface area contributed by atoms with Crippen LogP contribution in [0.1, 0.15) is 5.56 Å². The van der Waals surface area contributed by atoms with Crippen LogP contribution in [0.15, 0.2) is 54.6 Å². The van der Waals surface area contributed by atoms with Crippen molar-refractivity contribution in [2.24, 2.45) is 0 Å². The van der Waals surface area contributed by atoms with E-state index in [1.54, 1.807) is 6.07 Å². The van der Waals surface area contributed by atoms with Crippen LogP contribution >= 0.6 is 11.8 Å². The second kappa shape index (κ2) is 7.07. The second-order valence-electron chi connectivity index (χ2n) is 3.98. The zero-order valence-electron chi connectivity index (χ0n) is 10.1. The van der Waals surface area contributed by atoms with E-state index >= 15 is 0 Å². The average Bonchev–Trinajstić information content (AvgIpc) is 2.40. The van der Waals surface area contributed by atoms with E-state index in [1.165, 1.54) is 17.7 Å². The van der Waals surface area contributed by atoms with E-state index in [2.05, 4.69) is 29.6 Å². The number of benzene rings is 2. The van der Waals surface area contributed by atoms with Crippen LogP contribution in [0.5, 0.6) is 0 Å². The van der Waals surface area contributed by atoms with Crippen molar-refractivity contribution in [3.05, 3.63) is 66.0 Å². The first-order valence-electron chi connectivity index (χ1n) is 5.96. The number of nitrogens with one attached hydrogen (secondary N) is 1. The number of thioether (sulfide) groups is 1. The van der Waals surface area contributed by atoms with Crippen LogP contribution < -0.4 is 5.32 Å². The predicted molar refractivity (Wildman–Crippen MR) is 77.5 cm³/mol. The fourth-order valence-electron chi connectivity index (χ4n) is 1.63. The van der Waals surface area contributed by atoms with E-state index in [9.17, 15) is 4.39 Å². The van der Waals surface area contributed by atoms with Gasteiger partial charge in [0, 0.05) is 23.7 Å². The lowest BCUT2D eigenvalue weighted by molar-refractivity contribution is 0.628. The molecular formula is C15H16FNS. The standard InChI is InChI=1S/C15H16FNS/c16-14-7-4-8-15(11-14)17-9-10-18-12-13-5-2-1-3-6-13/h1-8,11,17H,9-10,12H2. The first kappa shape index (κ1) is 13.0. The molecule has 0 spiro atoms. The third-order valence-electron chi connectivity index (χ3n) is 2.51. The summed E-state index contributed by atoms with van der Waals surface area (Å²) in [5, 5.41) is 3.21. The normalized spacial score (nSPS) is 10.3. The summed E-state index contributed by atoms with van der Waals surface area (Å²) in [5.41, 5.74) is 2.18. The molecule has 2 aromatic carbocycles. The van der Waals surface area contributed by atoms with E-state index < -0.39 is 0 Å². The molecule has 2 rings (SSSR count). The van der Waals surface area contributed by atoms with Gasteiger partial charge in [-0.15, -0.1) is 0 Å². The molecule has 0 aliphatic heterocycles. The molecule has 0 fully saturated rings. The Kier molecular flexibility index (Phi) is 5.09. The van der Waals surface area contributed by atoms with Gasteiger partial charge in [0.25, 0.3) is 0 Å². The highest BCUT2D eigenvalue weighted by atomic mass is 32.2. The molecule has 18 heavy (non-hydrogen) atoms. The molecule has 0 bridgehead atoms. The minimum absolute atomic E-state index is 0.197. The maximum Gasteiger partial charge on any atom is 0.125 e. The van der Waals surface area contributed by atoms with E-state index in [1.807, 2.05) is 23.9 Å². The van der Waals surface area contributed by atoms with Gasteiger partial charge in [0.15, 0.2) is 0 Å². The van der Waals surface area contributed by atoms with Gasteiger partial charge in [-0.1, -0.05) is 36.4 Å². The van der Waals surface area contributed by atoms with Crippen LogP contribution in [0.3, 0.4) is 0 Å². The average molecular weight is 261 g/mol. The molecule has 3 heteroatoms. The Hall–Kier alpha value is -1.48. The molecule has 0 atom stereocenters. The summed E-state index contributed by atoms with van der Waals surface area (Å²) in [6.07, 6.45) is 0. The lowest BCUT2D eigenvalue weighted by Gasteiger charge is -2.06. The van der Waals surface area contributed by atoms with Gasteiger partial charge in [0.05, 0.1) is 0 Å². The maximum absolute atomic E-state index is 12.9. The Morgan fingerprint density at radius 2 is 1.83 bits per heavy atom. The monoisotopic (exact) mass is 261 g/mol. The molecule has 0 heterocycles. The summed E-state index contributed by atoms with van der Waals surface area (Å²) in [6, 6.07) is 17.0. The number of hydrogen-bond acceptors (Lipinski definition) is 2. The lowest BCUT2D eigenvalue weighted by Crippen LogP contribution is -2.04. The highest BCUT2D eigenvalue weighted by Gasteiger charge is 1.95. The highest BCUT2D eigenvalue weighted by molar-refractivity contribution is 7.98. The summed E-state index contributed by atoms with van der Waals surface area (Å²) in [4.78, 5) is 0. The third-order valence-corrected chi connectivity index (χ3v) is 3.54. The molecule has 0 unspecified atom stereocenters. The summed E-state index contributed by atoms with van der Waals surface area (Å²) >= 11 is 1.87. The van der Waals surface area contributed by atoms with Crippen molar-refractivity contribution in [2.45, 2.75) is 5.75 Å². The van der Waals surface area contributed by atoms with Crippen molar-refractivity contribution >= 4 is 17.4 Å². The van der Waals surface area contributed by atoms with Crippen LogP contribution in [0, 0.1) is 5.82 Å². The van der Waals surface area contributed by atoms with Gasteiger partial charge < -0.3 is 5.32 Å². The van der Waals surface area contributed by atoms with Crippen LogP contribution in [-0.2, 0) is 5.75 Å². The first-order valence-corrected chi connectivity index (χ1v) is 7.11. The largest absolute Gasteiger partial charge is 0.384 e. The Balaban J connectivity index is 1.65. The topological polar surface area (TPSA) is 12.0 Å². The van der Waals surface area contributed by atoms with Crippen molar-refractivity contribution in [3.63, 3.8) is 0 Å². The summed E-state index contributed by atoms with van der Waals surface area (Å²) in [6.45, 7) is 0.848. The molecule has 94 valence electrons. The summed E-state index contributed by atoms with van der Waals surface area (Å²) < 4.78 is 12.9. The molecule has 0 saturated heterocycles. The molecule has 0 radical (unpaired) electrons. The van der Waals surface area contributed by atoms with E-state index in [0.717, 1.165) is 23.7 Å². The number of anilines is 1. The zero-order valence-corrected chi connectivity index (χ0v) is 10.9. The fourth-order valence-corrected chi connectivity index (χ4v) is 2.45. The predicted octanol–water partition coefficient (Wildman–Crippen LogP) is 4.17. The summed E-state index contributed by atoms with van der Waals surface area (Å²) in [7, 11) is 0. The maximum atomic E-state index is 12.9.